The first-order valence-corrected chi connectivity index (χ1v) is 5.18. The predicted octanol–water partition coefficient (Wildman–Crippen LogP) is 1.64. The monoisotopic (exact) mass is 255 g/mol. The second-order valence-corrected chi connectivity index (χ2v) is 4.16. The number of esters is 1. The third kappa shape index (κ3) is 1.68. The highest BCUT2D eigenvalue weighted by molar-refractivity contribution is 5.87. The van der Waals surface area contributed by atoms with E-state index in [4.69, 9.17) is 0 Å². The van der Waals surface area contributed by atoms with Crippen molar-refractivity contribution in [1.82, 2.24) is 0 Å². The Balaban J connectivity index is 2.54. The minimum atomic E-state index is -1.12. The van der Waals surface area contributed by atoms with E-state index in [0.29, 0.717) is 12.8 Å². The van der Waals surface area contributed by atoms with Crippen LogP contribution in [0.4, 0.5) is 10.1 Å². The highest BCUT2D eigenvalue weighted by atomic mass is 19.1. The topological polar surface area (TPSA) is 89.7 Å². The van der Waals surface area contributed by atoms with Crippen LogP contribution >= 0.6 is 0 Å². The van der Waals surface area contributed by atoms with E-state index in [1.807, 2.05) is 0 Å². The van der Waals surface area contributed by atoms with Crippen LogP contribution in [0.3, 0.4) is 0 Å². The molecule has 0 aliphatic heterocycles. The summed E-state index contributed by atoms with van der Waals surface area (Å²) in [4.78, 5) is 21.4. The quantitative estimate of drug-likeness (QED) is 0.503. The average molecular weight is 255 g/mol. The SMILES string of the molecule is COC(=O)C1(c2cc(F)c(O)c([N+](=O)[O-])c2)CC1. The molecule has 1 aliphatic carbocycles. The molecule has 7 heteroatoms. The van der Waals surface area contributed by atoms with E-state index in [-0.39, 0.29) is 5.56 Å². The van der Waals surface area contributed by atoms with E-state index in [1.165, 1.54) is 7.11 Å². The van der Waals surface area contributed by atoms with Crippen molar-refractivity contribution in [3.05, 3.63) is 33.6 Å². The number of methoxy groups -OCH3 is 1. The van der Waals surface area contributed by atoms with Gasteiger partial charge in [0.05, 0.1) is 17.4 Å². The first-order chi connectivity index (χ1) is 8.42. The molecule has 2 rings (SSSR count). The van der Waals surface area contributed by atoms with Gasteiger partial charge in [0, 0.05) is 6.07 Å². The predicted molar refractivity (Wildman–Crippen MR) is 57.6 cm³/mol. The zero-order chi connectivity index (χ0) is 13.5. The molecule has 0 amide bonds. The third-order valence-corrected chi connectivity index (χ3v) is 3.12. The first kappa shape index (κ1) is 12.3. The molecule has 0 atom stereocenters. The Hall–Kier alpha value is -2.18. The van der Waals surface area contributed by atoms with Crippen molar-refractivity contribution < 1.29 is 24.0 Å². The van der Waals surface area contributed by atoms with Crippen molar-refractivity contribution in [2.75, 3.05) is 7.11 Å². The number of benzene rings is 1. The zero-order valence-corrected chi connectivity index (χ0v) is 9.47. The summed E-state index contributed by atoms with van der Waals surface area (Å²) in [5, 5.41) is 19.9. The molecule has 1 N–H and O–H groups in total. The maximum absolute atomic E-state index is 13.4. The van der Waals surface area contributed by atoms with Gasteiger partial charge in [0.1, 0.15) is 0 Å². The number of aromatic hydroxyl groups is 1. The minimum absolute atomic E-state index is 0.163. The van der Waals surface area contributed by atoms with Crippen LogP contribution in [0.1, 0.15) is 18.4 Å². The highest BCUT2D eigenvalue weighted by Crippen LogP contribution is 2.51. The molecular formula is C11H10FNO5. The summed E-state index contributed by atoms with van der Waals surface area (Å²) in [5.74, 6) is -2.69. The Morgan fingerprint density at radius 2 is 2.17 bits per heavy atom. The molecule has 0 bridgehead atoms. The van der Waals surface area contributed by atoms with Crippen molar-refractivity contribution in [2.24, 2.45) is 0 Å². The smallest absolute Gasteiger partial charge is 0.316 e. The van der Waals surface area contributed by atoms with Crippen LogP contribution < -0.4 is 0 Å². The lowest BCUT2D eigenvalue weighted by Crippen LogP contribution is -2.22. The van der Waals surface area contributed by atoms with Crippen LogP contribution in [0.15, 0.2) is 12.1 Å². The van der Waals surface area contributed by atoms with Gasteiger partial charge in [0.2, 0.25) is 5.75 Å². The number of halogens is 1. The van der Waals surface area contributed by atoms with Gasteiger partial charge in [-0.3, -0.25) is 14.9 Å². The fraction of sp³-hybridized carbons (Fsp3) is 0.364. The van der Waals surface area contributed by atoms with Crippen molar-refractivity contribution in [3.8, 4) is 5.75 Å². The molecule has 96 valence electrons. The summed E-state index contributed by atoms with van der Waals surface area (Å²) in [6, 6.07) is 1.95. The molecule has 1 fully saturated rings. The average Bonchev–Trinajstić information content (AvgIpc) is 3.12. The number of nitro benzene ring substituents is 1. The third-order valence-electron chi connectivity index (χ3n) is 3.12. The Morgan fingerprint density at radius 1 is 1.56 bits per heavy atom. The molecule has 0 spiro atoms. The Labute approximate surface area is 101 Å². The van der Waals surface area contributed by atoms with Crippen LogP contribution in [0.2, 0.25) is 0 Å². The number of hydrogen-bond acceptors (Lipinski definition) is 5. The molecule has 1 aliphatic rings. The standard InChI is InChI=1S/C11H10FNO5/c1-18-10(15)11(2-3-11)6-4-7(12)9(14)8(5-6)13(16)17/h4-5,14H,2-3H2,1H3. The number of carbonyl (C=O) groups is 1. The number of phenolic OH excluding ortho intramolecular Hbond substituents is 1. The van der Waals surface area contributed by atoms with E-state index in [9.17, 15) is 24.4 Å². The molecule has 1 saturated carbocycles. The van der Waals surface area contributed by atoms with Crippen molar-refractivity contribution >= 4 is 11.7 Å². The lowest BCUT2D eigenvalue weighted by atomic mass is 9.95. The van der Waals surface area contributed by atoms with Crippen LogP contribution in [0.25, 0.3) is 0 Å². The molecule has 1 aromatic carbocycles. The second kappa shape index (κ2) is 3.94. The summed E-state index contributed by atoms with van der Waals surface area (Å²) >= 11 is 0. The molecule has 18 heavy (non-hydrogen) atoms. The van der Waals surface area contributed by atoms with Gasteiger partial charge in [-0.15, -0.1) is 0 Å². The lowest BCUT2D eigenvalue weighted by Gasteiger charge is -2.13. The zero-order valence-electron chi connectivity index (χ0n) is 9.47. The van der Waals surface area contributed by atoms with Crippen LogP contribution in [-0.2, 0) is 14.9 Å². The first-order valence-electron chi connectivity index (χ1n) is 5.18. The lowest BCUT2D eigenvalue weighted by molar-refractivity contribution is -0.386. The van der Waals surface area contributed by atoms with E-state index < -0.39 is 33.6 Å². The van der Waals surface area contributed by atoms with Gasteiger partial charge in [-0.05, 0) is 24.5 Å². The second-order valence-electron chi connectivity index (χ2n) is 4.16. The molecule has 0 radical (unpaired) electrons. The summed E-state index contributed by atoms with van der Waals surface area (Å²) < 4.78 is 18.0. The van der Waals surface area contributed by atoms with Crippen LogP contribution in [0, 0.1) is 15.9 Å². The van der Waals surface area contributed by atoms with Gasteiger partial charge in [-0.25, -0.2) is 4.39 Å². The largest absolute Gasteiger partial charge is 0.500 e. The number of nitrogens with zero attached hydrogens (tertiary/aromatic N) is 1. The van der Waals surface area contributed by atoms with Gasteiger partial charge >= 0.3 is 11.7 Å². The maximum atomic E-state index is 13.4. The van der Waals surface area contributed by atoms with E-state index in [0.717, 1.165) is 12.1 Å². The summed E-state index contributed by atoms with van der Waals surface area (Å²) in [6.45, 7) is 0. The number of nitro groups is 1. The normalized spacial score (nSPS) is 16.1. The number of hydrogen-bond donors (Lipinski definition) is 1. The number of ether oxygens (including phenoxy) is 1. The van der Waals surface area contributed by atoms with Crippen molar-refractivity contribution in [1.29, 1.82) is 0 Å². The fourth-order valence-corrected chi connectivity index (χ4v) is 1.93. The van der Waals surface area contributed by atoms with Gasteiger partial charge in [0.15, 0.2) is 5.82 Å². The summed E-state index contributed by atoms with van der Waals surface area (Å²) in [7, 11) is 1.20. The number of phenols is 1. The molecule has 0 unspecified atom stereocenters. The molecule has 0 aromatic heterocycles. The maximum Gasteiger partial charge on any atom is 0.316 e. The molecule has 0 heterocycles. The summed E-state index contributed by atoms with van der Waals surface area (Å²) in [6.07, 6.45) is 0.891. The molecule has 0 saturated heterocycles. The number of rotatable bonds is 3. The highest BCUT2D eigenvalue weighted by Gasteiger charge is 2.53. The van der Waals surface area contributed by atoms with E-state index in [2.05, 4.69) is 4.74 Å². The molecular weight excluding hydrogens is 245 g/mol. The van der Waals surface area contributed by atoms with Crippen LogP contribution in [0.5, 0.6) is 5.75 Å². The van der Waals surface area contributed by atoms with Crippen LogP contribution in [-0.4, -0.2) is 23.1 Å². The Bertz CT molecular complexity index is 538. The van der Waals surface area contributed by atoms with Gasteiger partial charge < -0.3 is 9.84 Å². The number of carbonyl (C=O) groups excluding carboxylic acids is 1. The van der Waals surface area contributed by atoms with Gasteiger partial charge in [-0.2, -0.15) is 0 Å². The molecule has 1 aromatic rings. The Kier molecular flexibility index (Phi) is 2.68. The Morgan fingerprint density at radius 3 is 2.61 bits per heavy atom. The van der Waals surface area contributed by atoms with Gasteiger partial charge in [-0.1, -0.05) is 0 Å². The minimum Gasteiger partial charge on any atom is -0.500 e. The van der Waals surface area contributed by atoms with Crippen molar-refractivity contribution in [2.45, 2.75) is 18.3 Å². The molecule has 6 nitrogen and oxygen atoms in total. The van der Waals surface area contributed by atoms with Gasteiger partial charge in [0.25, 0.3) is 0 Å². The van der Waals surface area contributed by atoms with E-state index >= 15 is 0 Å². The summed E-state index contributed by atoms with van der Waals surface area (Å²) in [5.41, 5.74) is -1.59. The van der Waals surface area contributed by atoms with Crippen molar-refractivity contribution in [3.63, 3.8) is 0 Å². The fourth-order valence-electron chi connectivity index (χ4n) is 1.93. The van der Waals surface area contributed by atoms with E-state index in [1.54, 1.807) is 0 Å².